The van der Waals surface area contributed by atoms with Gasteiger partial charge in [0.25, 0.3) is 10.1 Å². The molecule has 0 amide bonds. The number of thioether (sulfide) groups is 1. The highest BCUT2D eigenvalue weighted by Crippen LogP contribution is 2.49. The first-order valence-electron chi connectivity index (χ1n) is 37.4. The summed E-state index contributed by atoms with van der Waals surface area (Å²) in [6, 6.07) is 10.3. The lowest BCUT2D eigenvalue weighted by Crippen LogP contribution is -2.39. The van der Waals surface area contributed by atoms with Gasteiger partial charge in [-0.2, -0.15) is 8.42 Å². The molecule has 0 atom stereocenters. The van der Waals surface area contributed by atoms with Crippen LogP contribution in [0, 0.1) is 35.5 Å². The zero-order valence-corrected chi connectivity index (χ0v) is 70.9. The zero-order chi connectivity index (χ0) is 79.2. The molecule has 6 saturated carbocycles. The number of rotatable bonds is 18. The van der Waals surface area contributed by atoms with Crippen molar-refractivity contribution in [2.75, 3.05) is 19.3 Å². The summed E-state index contributed by atoms with van der Waals surface area (Å²) in [6.45, 7) is 34.8. The van der Waals surface area contributed by atoms with E-state index in [1.165, 1.54) is 6.42 Å². The number of oxazole rings is 3. The van der Waals surface area contributed by atoms with Crippen molar-refractivity contribution in [3.05, 3.63) is 69.1 Å². The second-order valence-electron chi connectivity index (χ2n) is 34.8. The maximum Gasteiger partial charge on any atom is 0.306 e. The van der Waals surface area contributed by atoms with Crippen LogP contribution in [0.5, 0.6) is 0 Å². The Morgan fingerprint density at radius 1 is 0.491 bits per heavy atom. The number of carbonyl (C=O) groups excluding carboxylic acids is 2. The Kier molecular flexibility index (Phi) is 30.4. The molecular formula is C78H118Cl3N5O16S4. The molecule has 6 aliphatic carbocycles. The molecule has 0 spiro atoms. The van der Waals surface area contributed by atoms with Crippen molar-refractivity contribution < 1.29 is 72.0 Å². The van der Waals surface area contributed by atoms with Crippen LogP contribution >= 0.6 is 46.6 Å². The first-order chi connectivity index (χ1) is 48.9. The Hall–Kier alpha value is -4.12. The van der Waals surface area contributed by atoms with Gasteiger partial charge in [0.05, 0.1) is 55.0 Å². The Morgan fingerprint density at radius 3 is 1.15 bits per heavy atom. The molecule has 6 aliphatic rings. The molecule has 21 nitrogen and oxygen atoms in total. The van der Waals surface area contributed by atoms with E-state index in [2.05, 4.69) is 49.6 Å². The third kappa shape index (κ3) is 24.9. The molecule has 12 rings (SSSR count). The van der Waals surface area contributed by atoms with Crippen LogP contribution in [-0.4, -0.2) is 127 Å². The number of nitrogens with zero attached hydrogens (tertiary/aromatic N) is 3. The maximum absolute atomic E-state index is 13.3. The molecule has 0 saturated heterocycles. The number of nitrogens with two attached hydrogens (primary N) is 2. The molecular weight excluding hydrogens is 1500 g/mol. The van der Waals surface area contributed by atoms with Crippen LogP contribution in [0.2, 0.25) is 15.1 Å². The summed E-state index contributed by atoms with van der Waals surface area (Å²) in [4.78, 5) is 38.4. The summed E-state index contributed by atoms with van der Waals surface area (Å²) in [5, 5.41) is 18.0. The Morgan fingerprint density at radius 2 is 0.821 bits per heavy atom. The van der Waals surface area contributed by atoms with Crippen LogP contribution < -0.4 is 11.5 Å². The fourth-order valence-corrected chi connectivity index (χ4v) is 20.6. The average molecular weight is 1620 g/mol. The van der Waals surface area contributed by atoms with E-state index in [0.29, 0.717) is 102 Å². The molecule has 0 unspecified atom stereocenters. The lowest BCUT2D eigenvalue weighted by Gasteiger charge is -2.35. The quantitative estimate of drug-likeness (QED) is 0.0459. The lowest BCUT2D eigenvalue weighted by atomic mass is 9.81. The van der Waals surface area contributed by atoms with Crippen molar-refractivity contribution >= 4 is 122 Å². The Bertz CT molecular complexity index is 4260. The van der Waals surface area contributed by atoms with Crippen LogP contribution in [0.15, 0.2) is 64.3 Å². The first-order valence-corrected chi connectivity index (χ1v) is 44.3. The predicted octanol–water partition coefficient (Wildman–Crippen LogP) is 17.5. The summed E-state index contributed by atoms with van der Waals surface area (Å²) in [6.07, 6.45) is 15.8. The number of halogens is 3. The van der Waals surface area contributed by atoms with Crippen LogP contribution in [0.4, 0.5) is 0 Å². The first kappa shape index (κ1) is 89.1. The molecule has 596 valence electrons. The number of hydrogen-bond donors (Lipinski definition) is 4. The van der Waals surface area contributed by atoms with Crippen molar-refractivity contribution in [1.29, 1.82) is 0 Å². The van der Waals surface area contributed by atoms with E-state index in [4.69, 9.17) is 83.4 Å². The number of aromatic nitrogens is 3. The molecule has 0 radical (unpaired) electrons. The molecule has 106 heavy (non-hydrogen) atoms. The third-order valence-electron chi connectivity index (χ3n) is 19.7. The zero-order valence-electron chi connectivity index (χ0n) is 65.4. The van der Waals surface area contributed by atoms with Gasteiger partial charge < -0.3 is 44.4 Å². The largest absolute Gasteiger partial charge is 0.460 e. The summed E-state index contributed by atoms with van der Waals surface area (Å²) < 4.78 is 107. The average Bonchev–Trinajstić information content (AvgIpc) is 1.45. The van der Waals surface area contributed by atoms with Gasteiger partial charge in [0, 0.05) is 34.3 Å². The summed E-state index contributed by atoms with van der Waals surface area (Å²) in [5.74, 6) is 4.51. The monoisotopic (exact) mass is 1610 g/mol. The number of esters is 2. The number of hydrogen-bond acceptors (Lipinski definition) is 22. The molecule has 0 bridgehead atoms. The van der Waals surface area contributed by atoms with Gasteiger partial charge >= 0.3 is 11.9 Å². The van der Waals surface area contributed by atoms with E-state index in [9.17, 15) is 34.8 Å². The van der Waals surface area contributed by atoms with Gasteiger partial charge in [-0.05, 0) is 216 Å². The third-order valence-corrected chi connectivity index (χ3v) is 27.5. The molecule has 3 aromatic heterocycles. The highest BCUT2D eigenvalue weighted by molar-refractivity contribution is 8.00. The van der Waals surface area contributed by atoms with Gasteiger partial charge in [0.15, 0.2) is 36.4 Å². The number of sulfone groups is 2. The minimum atomic E-state index is -3.67. The van der Waals surface area contributed by atoms with E-state index in [1.807, 2.05) is 95.2 Å². The molecule has 3 aromatic carbocycles. The van der Waals surface area contributed by atoms with Crippen LogP contribution in [-0.2, 0) is 69.3 Å². The topological polar surface area (TPSA) is 335 Å². The maximum atomic E-state index is 13.3. The van der Waals surface area contributed by atoms with Gasteiger partial charge in [-0.1, -0.05) is 124 Å². The molecule has 0 aliphatic heterocycles. The van der Waals surface area contributed by atoms with Crippen molar-refractivity contribution in [2.45, 2.75) is 309 Å². The molecule has 6 fully saturated rings. The summed E-state index contributed by atoms with van der Waals surface area (Å²) in [7, 11) is -10.4. The highest BCUT2D eigenvalue weighted by Gasteiger charge is 2.44. The van der Waals surface area contributed by atoms with Crippen molar-refractivity contribution in [3.63, 3.8) is 0 Å². The van der Waals surface area contributed by atoms with E-state index in [1.54, 1.807) is 36.0 Å². The summed E-state index contributed by atoms with van der Waals surface area (Å²) >= 11 is 20.8. The Balaban J connectivity index is 0.000000191. The number of benzene rings is 3. The number of aliphatic hydroxyl groups excluding tert-OH is 2. The number of ether oxygens (including phenoxy) is 2. The summed E-state index contributed by atoms with van der Waals surface area (Å²) in [5.41, 5.74) is 12.3. The molecule has 6 N–H and O–H groups in total. The van der Waals surface area contributed by atoms with Gasteiger partial charge in [0.1, 0.15) is 37.5 Å². The molecule has 28 heteroatoms. The molecule has 6 aromatic rings. The SMILES string of the molecule is CC(C)(C)OC(=O)CCC1CC(S(=O)(=O)c2c(Cl)ccc3nc(C(C)(C)C)oc23)C1.CC(C)(C)OC(=O)CCC1CC(Sc2c(Cl)ccc3nc(C(C)(C)C)oc23)C1.CC(C)(C)c1nc2ccc(Cl)c(S(=O)(=O)C3CC(CN)C3)c2o1.CCC1CC(O)C1.CCC1CC(OS(C)(=O)=O)C1.NCC1CC(O)C1. The van der Waals surface area contributed by atoms with Crippen LogP contribution in [0.3, 0.4) is 0 Å². The fourth-order valence-electron chi connectivity index (χ4n) is 12.9. The smallest absolute Gasteiger partial charge is 0.306 e. The normalized spacial score (nSPS) is 24.5. The van der Waals surface area contributed by atoms with E-state index >= 15 is 0 Å². The minimum absolute atomic E-state index is 0.0280. The van der Waals surface area contributed by atoms with Gasteiger partial charge in [0.2, 0.25) is 17.7 Å². The second kappa shape index (κ2) is 36.1. The standard InChI is InChI=1S/C22H30ClNO5S.C22H30ClNO3S.C16H21ClN2O3S.C7H14O3S.C6H12O.C5H11NO/c1-21(2,3)20-24-16-9-8-15(23)19(18(16)28-20)30(26,27)14-11-13(12-14)7-10-17(25)29-22(4,5)6;1-21(2,3)20-24-16-9-8-15(23)19(18(16)26-20)28-14-11-13(12-14)7-10-17(25)27-22(4,5)6;1-16(2,3)15-19-12-5-4-11(17)14(13(12)22-15)23(20,21)10-6-9(7-10)8-18;1-3-6-4-7(5-6)10-11(2,8)9;1-2-5-3-6(7)4-5;6-3-4-1-5(7)2-4/h8-9,13-14H,7,10-12H2,1-6H3;8-9,13-14H,7,10-12H2,1-6H3;4-5,9-10H,6-8,18H2,1-3H3;6-7H,3-5H2,1-2H3;5-7H,2-4H2,1H3;4-5,7H,1-3,6H2. The predicted molar refractivity (Wildman–Crippen MR) is 422 cm³/mol. The van der Waals surface area contributed by atoms with E-state index < -0.39 is 51.5 Å². The van der Waals surface area contributed by atoms with Gasteiger partial charge in [-0.15, -0.1) is 11.8 Å². The molecule has 3 heterocycles. The highest BCUT2D eigenvalue weighted by atomic mass is 35.5. The van der Waals surface area contributed by atoms with E-state index in [-0.39, 0.29) is 89.3 Å². The fraction of sp³-hybridized carbons (Fsp3) is 0.705. The number of fused-ring (bicyclic) bond motifs is 3. The van der Waals surface area contributed by atoms with Crippen molar-refractivity contribution in [3.8, 4) is 0 Å². The van der Waals surface area contributed by atoms with Crippen LogP contribution in [0.1, 0.15) is 251 Å². The second-order valence-corrected chi connectivity index (χ2v) is 43.3. The van der Waals surface area contributed by atoms with Gasteiger partial charge in [-0.25, -0.2) is 31.8 Å². The minimum Gasteiger partial charge on any atom is -0.460 e. The van der Waals surface area contributed by atoms with Crippen molar-refractivity contribution in [2.24, 2.45) is 47.0 Å². The van der Waals surface area contributed by atoms with Gasteiger partial charge in [-0.3, -0.25) is 13.8 Å². The number of carbonyl (C=O) groups is 2. The Labute approximate surface area is 648 Å². The lowest BCUT2D eigenvalue weighted by molar-refractivity contribution is -0.156. The van der Waals surface area contributed by atoms with Crippen LogP contribution in [0.25, 0.3) is 33.3 Å². The van der Waals surface area contributed by atoms with Crippen molar-refractivity contribution in [1.82, 2.24) is 15.0 Å². The number of aliphatic hydroxyl groups is 2. The van der Waals surface area contributed by atoms with E-state index in [0.717, 1.165) is 105 Å².